The van der Waals surface area contributed by atoms with Crippen LogP contribution >= 0.6 is 0 Å². The number of aliphatic hydroxyl groups excluding tert-OH is 1. The first-order valence-electron chi connectivity index (χ1n) is 13.0. The third-order valence-electron chi connectivity index (χ3n) is 7.83. The number of nitrogens with zero attached hydrogens (tertiary/aromatic N) is 3. The summed E-state index contributed by atoms with van der Waals surface area (Å²) in [5, 5.41) is 15.8. The second kappa shape index (κ2) is 10.9. The van der Waals surface area contributed by atoms with E-state index < -0.39 is 70.5 Å². The van der Waals surface area contributed by atoms with E-state index in [0.717, 1.165) is 23.2 Å². The Morgan fingerprint density at radius 3 is 2.30 bits per heavy atom. The molecule has 2 N–H and O–H groups in total. The molecule has 2 heterocycles. The van der Waals surface area contributed by atoms with Crippen molar-refractivity contribution in [2.45, 2.75) is 43.7 Å². The maximum atomic E-state index is 14.5. The number of alkyl halides is 6. The quantitative estimate of drug-likeness (QED) is 0.246. The van der Waals surface area contributed by atoms with Crippen molar-refractivity contribution in [2.24, 2.45) is 0 Å². The van der Waals surface area contributed by atoms with Gasteiger partial charge in [0.1, 0.15) is 17.0 Å². The lowest BCUT2D eigenvalue weighted by Gasteiger charge is -2.54. The number of benzene rings is 2. The monoisotopic (exact) mass is 626 g/mol. The summed E-state index contributed by atoms with van der Waals surface area (Å²) in [5.74, 6) is -5.35. The van der Waals surface area contributed by atoms with Gasteiger partial charge in [0.05, 0.1) is 17.6 Å². The Labute approximate surface area is 244 Å². The number of halogens is 8. The molecule has 1 aliphatic carbocycles. The molecule has 0 atom stereocenters. The average Bonchev–Trinajstić information content (AvgIpc) is 2.92. The number of hydrogen-bond donors (Lipinski definition) is 2. The number of hydrogen-bond acceptors (Lipinski definition) is 5. The van der Waals surface area contributed by atoms with Crippen molar-refractivity contribution in [2.75, 3.05) is 12.4 Å². The largest absolute Gasteiger partial charge is 0.509 e. The molecule has 2 aliphatic rings. The molecule has 15 heteroatoms. The standard InChI is InChI=1S/C29H22F8N4O3/c1-40-27(10-3-11-27)24(42)22(26(44)41(40)14-16-4-2-5-19(30)23(16)31)25(43)39-20-8-7-17(28(32,33)34)12-18(20)15-6-9-21(38-13-15)29(35,36)37/h2,4-9,12-13,42H,3,10-11,14H2,1H3,(H,39,43). The summed E-state index contributed by atoms with van der Waals surface area (Å²) in [6.07, 6.45) is -7.84. The summed E-state index contributed by atoms with van der Waals surface area (Å²) in [4.78, 5) is 30.4. The maximum absolute atomic E-state index is 14.5. The van der Waals surface area contributed by atoms with Gasteiger partial charge in [-0.2, -0.15) is 26.3 Å². The van der Waals surface area contributed by atoms with Crippen LogP contribution in [0.3, 0.4) is 0 Å². The Hall–Kier alpha value is -4.53. The van der Waals surface area contributed by atoms with Crippen molar-refractivity contribution in [3.05, 3.63) is 94.5 Å². The summed E-state index contributed by atoms with van der Waals surface area (Å²) >= 11 is 0. The van der Waals surface area contributed by atoms with E-state index in [1.165, 1.54) is 24.2 Å². The van der Waals surface area contributed by atoms with Gasteiger partial charge in [-0.15, -0.1) is 0 Å². The molecule has 7 nitrogen and oxygen atoms in total. The van der Waals surface area contributed by atoms with Gasteiger partial charge in [-0.25, -0.2) is 13.8 Å². The number of hydrazine groups is 1. The lowest BCUT2D eigenvalue weighted by atomic mass is 9.72. The molecule has 0 unspecified atom stereocenters. The highest BCUT2D eigenvalue weighted by molar-refractivity contribution is 6.24. The normalized spacial score (nSPS) is 17.2. The molecule has 1 aromatic heterocycles. The Kier molecular flexibility index (Phi) is 7.64. The molecule has 232 valence electrons. The molecule has 1 aliphatic heterocycles. The number of pyridine rings is 1. The molecule has 1 spiro atoms. The Balaban J connectivity index is 1.54. The van der Waals surface area contributed by atoms with Crippen LogP contribution in [0.1, 0.15) is 36.1 Å². The molecule has 44 heavy (non-hydrogen) atoms. The molecular formula is C29H22F8N4O3. The van der Waals surface area contributed by atoms with Crippen LogP contribution in [0.4, 0.5) is 40.8 Å². The smallest absolute Gasteiger partial charge is 0.433 e. The van der Waals surface area contributed by atoms with Crippen molar-refractivity contribution in [1.29, 1.82) is 0 Å². The lowest BCUT2D eigenvalue weighted by molar-refractivity contribution is -0.172. The van der Waals surface area contributed by atoms with Crippen LogP contribution in [0.2, 0.25) is 0 Å². The zero-order valence-electron chi connectivity index (χ0n) is 22.7. The van der Waals surface area contributed by atoms with Crippen LogP contribution in [-0.4, -0.2) is 44.5 Å². The predicted octanol–water partition coefficient (Wildman–Crippen LogP) is 6.63. The van der Waals surface area contributed by atoms with Gasteiger partial charge in [0.25, 0.3) is 11.8 Å². The first-order valence-corrected chi connectivity index (χ1v) is 13.0. The van der Waals surface area contributed by atoms with E-state index in [4.69, 9.17) is 0 Å². The van der Waals surface area contributed by atoms with E-state index in [0.29, 0.717) is 30.8 Å². The number of nitrogens with one attached hydrogen (secondary N) is 1. The fraction of sp³-hybridized carbons (Fsp3) is 0.276. The van der Waals surface area contributed by atoms with Crippen LogP contribution in [-0.2, 0) is 28.5 Å². The highest BCUT2D eigenvalue weighted by Crippen LogP contribution is 2.47. The van der Waals surface area contributed by atoms with Crippen LogP contribution in [0.5, 0.6) is 0 Å². The van der Waals surface area contributed by atoms with Gasteiger partial charge < -0.3 is 10.4 Å². The minimum absolute atomic E-state index is 0.217. The van der Waals surface area contributed by atoms with Crippen LogP contribution in [0, 0.1) is 11.6 Å². The SMILES string of the molecule is CN1N(Cc2cccc(F)c2F)C(=O)C(C(=O)Nc2ccc(C(F)(F)F)cc2-c2ccc(C(F)(F)F)nc2)=C(O)C12CCC2. The van der Waals surface area contributed by atoms with Gasteiger partial charge >= 0.3 is 12.4 Å². The number of rotatable bonds is 5. The maximum Gasteiger partial charge on any atom is 0.433 e. The Morgan fingerprint density at radius 2 is 1.73 bits per heavy atom. The third-order valence-corrected chi connectivity index (χ3v) is 7.83. The first-order chi connectivity index (χ1) is 20.5. The van der Waals surface area contributed by atoms with Crippen LogP contribution in [0.25, 0.3) is 11.1 Å². The van der Waals surface area contributed by atoms with Gasteiger partial charge in [-0.3, -0.25) is 19.6 Å². The molecule has 0 radical (unpaired) electrons. The molecule has 0 bridgehead atoms. The Bertz CT molecular complexity index is 1660. The summed E-state index contributed by atoms with van der Waals surface area (Å²) < 4.78 is 108. The third kappa shape index (κ3) is 5.36. The number of carbonyl (C=O) groups excluding carboxylic acids is 2. The van der Waals surface area contributed by atoms with E-state index in [1.807, 2.05) is 0 Å². The molecule has 0 saturated heterocycles. The second-order valence-corrected chi connectivity index (χ2v) is 10.4. The van der Waals surface area contributed by atoms with E-state index >= 15 is 0 Å². The van der Waals surface area contributed by atoms with Gasteiger partial charge in [0.2, 0.25) is 0 Å². The molecule has 2 aromatic carbocycles. The number of aliphatic hydroxyl groups is 1. The minimum Gasteiger partial charge on any atom is -0.509 e. The fourth-order valence-electron chi connectivity index (χ4n) is 5.24. The van der Waals surface area contributed by atoms with E-state index in [1.54, 1.807) is 0 Å². The zero-order valence-corrected chi connectivity index (χ0v) is 22.7. The average molecular weight is 627 g/mol. The molecule has 1 fully saturated rings. The van der Waals surface area contributed by atoms with Gasteiger partial charge in [0, 0.05) is 35.6 Å². The number of aromatic nitrogens is 1. The van der Waals surface area contributed by atoms with E-state index in [-0.39, 0.29) is 35.2 Å². The summed E-state index contributed by atoms with van der Waals surface area (Å²) in [6.45, 7) is -0.520. The highest BCUT2D eigenvalue weighted by Gasteiger charge is 2.55. The summed E-state index contributed by atoms with van der Waals surface area (Å²) in [6, 6.07) is 6.83. The number of carbonyl (C=O) groups is 2. The van der Waals surface area contributed by atoms with E-state index in [9.17, 15) is 49.8 Å². The zero-order chi connectivity index (χ0) is 32.2. The van der Waals surface area contributed by atoms with Crippen molar-refractivity contribution < 1.29 is 49.8 Å². The summed E-state index contributed by atoms with van der Waals surface area (Å²) in [5.41, 5.74) is -5.65. The fourth-order valence-corrected chi connectivity index (χ4v) is 5.24. The van der Waals surface area contributed by atoms with Crippen molar-refractivity contribution in [3.63, 3.8) is 0 Å². The predicted molar refractivity (Wildman–Crippen MR) is 139 cm³/mol. The second-order valence-electron chi connectivity index (χ2n) is 10.4. The van der Waals surface area contributed by atoms with Gasteiger partial charge in [-0.05, 0) is 49.6 Å². The molecule has 1 saturated carbocycles. The van der Waals surface area contributed by atoms with E-state index in [2.05, 4.69) is 10.3 Å². The van der Waals surface area contributed by atoms with Gasteiger partial charge in [-0.1, -0.05) is 18.2 Å². The lowest BCUT2D eigenvalue weighted by Crippen LogP contribution is -2.65. The molecule has 2 amide bonds. The van der Waals surface area contributed by atoms with Crippen molar-refractivity contribution in [1.82, 2.24) is 15.0 Å². The molecular weight excluding hydrogens is 604 g/mol. The minimum atomic E-state index is -4.86. The first kappa shape index (κ1) is 30.9. The van der Waals surface area contributed by atoms with Crippen LogP contribution < -0.4 is 5.32 Å². The molecule has 5 rings (SSSR count). The van der Waals surface area contributed by atoms with Gasteiger partial charge in [0.15, 0.2) is 11.6 Å². The van der Waals surface area contributed by atoms with Crippen molar-refractivity contribution in [3.8, 4) is 11.1 Å². The number of likely N-dealkylation sites (N-methyl/N-ethyl adjacent to an activating group) is 1. The topological polar surface area (TPSA) is 85.8 Å². The number of anilines is 1. The summed E-state index contributed by atoms with van der Waals surface area (Å²) in [7, 11) is 1.44. The van der Waals surface area contributed by atoms with Crippen molar-refractivity contribution >= 4 is 17.5 Å². The highest BCUT2D eigenvalue weighted by atomic mass is 19.4. The van der Waals surface area contributed by atoms with Crippen LogP contribution in [0.15, 0.2) is 66.1 Å². The Morgan fingerprint density at radius 1 is 1.02 bits per heavy atom. The number of amides is 2. The molecule has 3 aromatic rings.